The first-order valence-corrected chi connectivity index (χ1v) is 7.54. The van der Waals surface area contributed by atoms with Gasteiger partial charge in [0, 0.05) is 11.6 Å². The molecule has 1 fully saturated rings. The second-order valence-electron chi connectivity index (χ2n) is 5.57. The molecule has 1 unspecified atom stereocenters. The molecule has 1 amide bonds. The Morgan fingerprint density at radius 3 is 2.41 bits per heavy atom. The Balaban J connectivity index is 1.87. The summed E-state index contributed by atoms with van der Waals surface area (Å²) in [5.41, 5.74) is 0.575. The lowest BCUT2D eigenvalue weighted by molar-refractivity contribution is -0.144. The van der Waals surface area contributed by atoms with Crippen LogP contribution in [0, 0.1) is 11.7 Å². The second kappa shape index (κ2) is 7.35. The summed E-state index contributed by atoms with van der Waals surface area (Å²) in [4.78, 5) is 25.3. The molecule has 0 bridgehead atoms. The van der Waals surface area contributed by atoms with Crippen LogP contribution in [0.15, 0.2) is 24.3 Å². The molecule has 1 aromatic rings. The Labute approximate surface area is 129 Å². The van der Waals surface area contributed by atoms with Crippen molar-refractivity contribution in [3.05, 3.63) is 30.1 Å². The molecule has 0 radical (unpaired) electrons. The summed E-state index contributed by atoms with van der Waals surface area (Å²) in [7, 11) is 0. The van der Waals surface area contributed by atoms with Crippen LogP contribution in [0.3, 0.4) is 0 Å². The number of anilines is 1. The van der Waals surface area contributed by atoms with E-state index in [1.165, 1.54) is 24.3 Å². The molecular formula is C16H21FN2O3. The molecule has 0 aromatic heterocycles. The van der Waals surface area contributed by atoms with Crippen molar-refractivity contribution >= 4 is 17.6 Å². The number of carboxylic acids is 1. The largest absolute Gasteiger partial charge is 0.480 e. The van der Waals surface area contributed by atoms with Crippen LogP contribution in [0.4, 0.5) is 10.1 Å². The Kier molecular flexibility index (Phi) is 5.49. The van der Waals surface area contributed by atoms with Crippen LogP contribution in [0.5, 0.6) is 0 Å². The van der Waals surface area contributed by atoms with Gasteiger partial charge in [0.2, 0.25) is 5.91 Å². The lowest BCUT2D eigenvalue weighted by atomic mass is 9.94. The number of carbonyl (C=O) groups is 2. The number of likely N-dealkylation sites (tertiary alicyclic amines) is 1. The van der Waals surface area contributed by atoms with Gasteiger partial charge in [-0.25, -0.2) is 4.39 Å². The van der Waals surface area contributed by atoms with E-state index in [-0.39, 0.29) is 17.6 Å². The maximum atomic E-state index is 12.8. The van der Waals surface area contributed by atoms with Crippen molar-refractivity contribution in [1.82, 2.24) is 4.90 Å². The fourth-order valence-corrected chi connectivity index (χ4v) is 2.84. The predicted molar refractivity (Wildman–Crippen MR) is 81.0 cm³/mol. The van der Waals surface area contributed by atoms with Gasteiger partial charge in [0.05, 0.1) is 0 Å². The maximum Gasteiger partial charge on any atom is 0.320 e. The summed E-state index contributed by atoms with van der Waals surface area (Å²) in [6, 6.07) is 5.19. The topological polar surface area (TPSA) is 69.6 Å². The number of carbonyl (C=O) groups excluding carboxylic acids is 1. The average Bonchev–Trinajstić information content (AvgIpc) is 2.50. The zero-order chi connectivity index (χ0) is 16.1. The first-order chi connectivity index (χ1) is 10.5. The summed E-state index contributed by atoms with van der Waals surface area (Å²) >= 11 is 0. The first-order valence-electron chi connectivity index (χ1n) is 7.54. The van der Waals surface area contributed by atoms with Gasteiger partial charge in [-0.1, -0.05) is 6.92 Å². The molecule has 0 saturated carbocycles. The van der Waals surface area contributed by atoms with Crippen molar-refractivity contribution in [1.29, 1.82) is 0 Å². The van der Waals surface area contributed by atoms with Gasteiger partial charge < -0.3 is 10.4 Å². The van der Waals surface area contributed by atoms with Crippen LogP contribution in [0.25, 0.3) is 0 Å². The number of hydrogen-bond acceptors (Lipinski definition) is 3. The van der Waals surface area contributed by atoms with Crippen LogP contribution in [0.1, 0.15) is 26.2 Å². The standard InChI is InChI=1S/C16H21FN2O3/c1-2-14(16(21)22)19-9-7-11(8-10-19)15(20)18-13-5-3-12(17)4-6-13/h3-6,11,14H,2,7-10H2,1H3,(H,18,20)(H,21,22). The maximum absolute atomic E-state index is 12.8. The minimum absolute atomic E-state index is 0.0883. The molecule has 1 aromatic carbocycles. The van der Waals surface area contributed by atoms with Gasteiger partial charge in [0.15, 0.2) is 0 Å². The van der Waals surface area contributed by atoms with Crippen LogP contribution < -0.4 is 5.32 Å². The molecule has 0 spiro atoms. The van der Waals surface area contributed by atoms with E-state index in [1.54, 1.807) is 0 Å². The van der Waals surface area contributed by atoms with Gasteiger partial charge in [-0.3, -0.25) is 14.5 Å². The number of nitrogens with one attached hydrogen (secondary N) is 1. The van der Waals surface area contributed by atoms with E-state index in [0.717, 1.165) is 0 Å². The van der Waals surface area contributed by atoms with Gasteiger partial charge in [-0.2, -0.15) is 0 Å². The fourth-order valence-electron chi connectivity index (χ4n) is 2.84. The minimum Gasteiger partial charge on any atom is -0.480 e. The Morgan fingerprint density at radius 1 is 1.32 bits per heavy atom. The van der Waals surface area contributed by atoms with E-state index in [0.29, 0.717) is 38.0 Å². The SMILES string of the molecule is CCC(C(=O)O)N1CCC(C(=O)Nc2ccc(F)cc2)CC1. The number of nitrogens with zero attached hydrogens (tertiary/aromatic N) is 1. The van der Waals surface area contributed by atoms with Gasteiger partial charge in [-0.15, -0.1) is 0 Å². The lowest BCUT2D eigenvalue weighted by Gasteiger charge is -2.34. The monoisotopic (exact) mass is 308 g/mol. The fraction of sp³-hybridized carbons (Fsp3) is 0.500. The number of amides is 1. The van der Waals surface area contributed by atoms with Crippen molar-refractivity contribution in [3.8, 4) is 0 Å². The van der Waals surface area contributed by atoms with Gasteiger partial charge in [0.1, 0.15) is 11.9 Å². The van der Waals surface area contributed by atoms with E-state index in [4.69, 9.17) is 5.11 Å². The highest BCUT2D eigenvalue weighted by Crippen LogP contribution is 2.22. The summed E-state index contributed by atoms with van der Waals surface area (Å²) < 4.78 is 12.8. The number of benzene rings is 1. The number of carboxylic acid groups (broad SMARTS) is 1. The third-order valence-electron chi connectivity index (χ3n) is 4.12. The summed E-state index contributed by atoms with van der Waals surface area (Å²) in [5.74, 6) is -1.37. The third kappa shape index (κ3) is 4.04. The molecular weight excluding hydrogens is 287 g/mol. The molecule has 1 aliphatic heterocycles. The molecule has 120 valence electrons. The molecule has 5 nitrogen and oxygen atoms in total. The van der Waals surface area contributed by atoms with E-state index in [2.05, 4.69) is 5.32 Å². The molecule has 1 heterocycles. The zero-order valence-corrected chi connectivity index (χ0v) is 12.6. The lowest BCUT2D eigenvalue weighted by Crippen LogP contribution is -2.46. The smallest absolute Gasteiger partial charge is 0.320 e. The molecule has 1 atom stereocenters. The first kappa shape index (κ1) is 16.4. The van der Waals surface area contributed by atoms with Crippen LogP contribution in [0.2, 0.25) is 0 Å². The Morgan fingerprint density at radius 2 is 1.91 bits per heavy atom. The molecule has 1 saturated heterocycles. The summed E-state index contributed by atoms with van der Waals surface area (Å²) in [6.45, 7) is 3.06. The van der Waals surface area contributed by atoms with Crippen molar-refractivity contribution in [2.75, 3.05) is 18.4 Å². The number of piperidine rings is 1. The highest BCUT2D eigenvalue weighted by Gasteiger charge is 2.30. The van der Waals surface area contributed by atoms with E-state index < -0.39 is 12.0 Å². The molecule has 2 rings (SSSR count). The minimum atomic E-state index is -0.809. The molecule has 2 N–H and O–H groups in total. The molecule has 22 heavy (non-hydrogen) atoms. The Hall–Kier alpha value is -1.95. The van der Waals surface area contributed by atoms with Crippen molar-refractivity contribution in [2.24, 2.45) is 5.92 Å². The van der Waals surface area contributed by atoms with Gasteiger partial charge in [0.25, 0.3) is 0 Å². The van der Waals surface area contributed by atoms with Crippen LogP contribution >= 0.6 is 0 Å². The number of aliphatic carboxylic acids is 1. The van der Waals surface area contributed by atoms with E-state index in [1.807, 2.05) is 11.8 Å². The second-order valence-corrected chi connectivity index (χ2v) is 5.57. The Bertz CT molecular complexity index is 525. The quantitative estimate of drug-likeness (QED) is 0.876. The summed E-state index contributed by atoms with van der Waals surface area (Å²) in [6.07, 6.45) is 1.83. The third-order valence-corrected chi connectivity index (χ3v) is 4.12. The van der Waals surface area contributed by atoms with Crippen LogP contribution in [-0.2, 0) is 9.59 Å². The molecule has 0 aliphatic carbocycles. The summed E-state index contributed by atoms with van der Waals surface area (Å²) in [5, 5.41) is 11.9. The van der Waals surface area contributed by atoms with E-state index in [9.17, 15) is 14.0 Å². The predicted octanol–water partition coefficient (Wildman–Crippen LogP) is 2.34. The highest BCUT2D eigenvalue weighted by atomic mass is 19.1. The molecule has 6 heteroatoms. The average molecular weight is 308 g/mol. The number of halogens is 1. The number of rotatable bonds is 5. The van der Waals surface area contributed by atoms with Crippen molar-refractivity contribution in [2.45, 2.75) is 32.2 Å². The van der Waals surface area contributed by atoms with Crippen LogP contribution in [-0.4, -0.2) is 41.0 Å². The van der Waals surface area contributed by atoms with E-state index >= 15 is 0 Å². The van der Waals surface area contributed by atoms with Crippen molar-refractivity contribution in [3.63, 3.8) is 0 Å². The van der Waals surface area contributed by atoms with Gasteiger partial charge in [-0.05, 0) is 56.6 Å². The zero-order valence-electron chi connectivity index (χ0n) is 12.6. The normalized spacial score (nSPS) is 17.9. The van der Waals surface area contributed by atoms with Gasteiger partial charge >= 0.3 is 5.97 Å². The number of hydrogen-bond donors (Lipinski definition) is 2. The molecule has 1 aliphatic rings. The highest BCUT2D eigenvalue weighted by molar-refractivity contribution is 5.92. The van der Waals surface area contributed by atoms with Crippen molar-refractivity contribution < 1.29 is 19.1 Å².